The second-order valence-corrected chi connectivity index (χ2v) is 7.08. The van der Waals surface area contributed by atoms with Gasteiger partial charge in [0.1, 0.15) is 18.3 Å². The second-order valence-electron chi connectivity index (χ2n) is 7.08. The number of carbonyl (C=O) groups excluding carboxylic acids is 2. The van der Waals surface area contributed by atoms with Crippen molar-refractivity contribution in [3.8, 4) is 0 Å². The van der Waals surface area contributed by atoms with Gasteiger partial charge in [-0.25, -0.2) is 4.98 Å². The molecule has 152 valence electrons. The Morgan fingerprint density at radius 3 is 2.52 bits per heavy atom. The number of benzene rings is 1. The van der Waals surface area contributed by atoms with Gasteiger partial charge in [-0.15, -0.1) is 0 Å². The van der Waals surface area contributed by atoms with Crippen molar-refractivity contribution in [2.75, 3.05) is 5.32 Å². The minimum absolute atomic E-state index is 0.305. The van der Waals surface area contributed by atoms with Gasteiger partial charge in [-0.1, -0.05) is 17.7 Å². The Morgan fingerprint density at radius 2 is 1.86 bits per heavy atom. The average Bonchev–Trinajstić information content (AvgIpc) is 3.02. The molecule has 2 heterocycles. The fourth-order valence-corrected chi connectivity index (χ4v) is 3.21. The number of hydrogen-bond donors (Lipinski definition) is 1. The van der Waals surface area contributed by atoms with Gasteiger partial charge in [0.2, 0.25) is 0 Å². The maximum absolute atomic E-state index is 12.5. The van der Waals surface area contributed by atoms with Gasteiger partial charge >= 0.3 is 5.97 Å². The van der Waals surface area contributed by atoms with E-state index in [0.717, 1.165) is 21.3 Å². The predicted octanol–water partition coefficient (Wildman–Crippen LogP) is 1.63. The van der Waals surface area contributed by atoms with Crippen LogP contribution in [-0.4, -0.2) is 37.3 Å². The molecule has 9 nitrogen and oxygen atoms in total. The Kier molecular flexibility index (Phi) is 5.49. The summed E-state index contributed by atoms with van der Waals surface area (Å²) >= 11 is 0. The molecule has 1 aromatic carbocycles. The van der Waals surface area contributed by atoms with E-state index in [2.05, 4.69) is 15.4 Å². The van der Waals surface area contributed by atoms with Crippen LogP contribution in [0.2, 0.25) is 0 Å². The summed E-state index contributed by atoms with van der Waals surface area (Å²) in [4.78, 5) is 41.2. The first-order valence-electron chi connectivity index (χ1n) is 9.12. The number of ether oxygens (including phenoxy) is 1. The monoisotopic (exact) mass is 397 g/mol. The van der Waals surface area contributed by atoms with E-state index >= 15 is 0 Å². The van der Waals surface area contributed by atoms with Gasteiger partial charge in [-0.05, 0) is 38.8 Å². The molecule has 3 rings (SSSR count). The number of carbonyl (C=O) groups is 2. The number of fused-ring (bicyclic) bond motifs is 1. The first kappa shape index (κ1) is 20.2. The van der Waals surface area contributed by atoms with Crippen LogP contribution < -0.4 is 10.9 Å². The molecule has 0 aliphatic carbocycles. The third-order valence-electron chi connectivity index (χ3n) is 4.62. The zero-order chi connectivity index (χ0) is 21.3. The molecule has 0 radical (unpaired) electrons. The summed E-state index contributed by atoms with van der Waals surface area (Å²) in [6, 6.07) is 3.93. The van der Waals surface area contributed by atoms with Gasteiger partial charge in [-0.2, -0.15) is 5.10 Å². The number of hydrogen-bond acceptors (Lipinski definition) is 6. The van der Waals surface area contributed by atoms with E-state index in [9.17, 15) is 14.4 Å². The van der Waals surface area contributed by atoms with E-state index in [4.69, 9.17) is 4.74 Å². The number of aryl methyl sites for hydroxylation is 4. The van der Waals surface area contributed by atoms with Crippen molar-refractivity contribution in [1.29, 1.82) is 0 Å². The van der Waals surface area contributed by atoms with Crippen LogP contribution in [0.25, 0.3) is 11.0 Å². The largest absolute Gasteiger partial charge is 0.451 e. The topological polar surface area (TPSA) is 108 Å². The molecular formula is C20H23N5O4. The normalized spacial score (nSPS) is 12.0. The molecule has 0 saturated heterocycles. The molecule has 0 fully saturated rings. The summed E-state index contributed by atoms with van der Waals surface area (Å²) in [7, 11) is 1.67. The minimum atomic E-state index is -1.02. The zero-order valence-corrected chi connectivity index (χ0v) is 17.0. The third-order valence-corrected chi connectivity index (χ3v) is 4.62. The molecule has 0 spiro atoms. The number of esters is 1. The van der Waals surface area contributed by atoms with E-state index in [-0.39, 0.29) is 6.54 Å². The van der Waals surface area contributed by atoms with E-state index in [1.54, 1.807) is 7.05 Å². The van der Waals surface area contributed by atoms with E-state index in [1.807, 2.05) is 32.9 Å². The summed E-state index contributed by atoms with van der Waals surface area (Å²) in [6.07, 6.45) is 1.64. The molecule has 0 aliphatic heterocycles. The molecule has 0 aliphatic rings. The Morgan fingerprint density at radius 1 is 1.21 bits per heavy atom. The fourth-order valence-electron chi connectivity index (χ4n) is 3.21. The van der Waals surface area contributed by atoms with Crippen molar-refractivity contribution in [3.63, 3.8) is 0 Å². The molecule has 1 N–H and O–H groups in total. The lowest BCUT2D eigenvalue weighted by Gasteiger charge is -2.17. The van der Waals surface area contributed by atoms with Crippen molar-refractivity contribution < 1.29 is 14.3 Å². The van der Waals surface area contributed by atoms with E-state index in [0.29, 0.717) is 16.7 Å². The van der Waals surface area contributed by atoms with Crippen LogP contribution in [0.3, 0.4) is 0 Å². The Labute approximate surface area is 167 Å². The third kappa shape index (κ3) is 4.18. The summed E-state index contributed by atoms with van der Waals surface area (Å²) in [5.41, 5.74) is 3.68. The van der Waals surface area contributed by atoms with Gasteiger partial charge < -0.3 is 10.1 Å². The molecule has 0 bridgehead atoms. The first-order chi connectivity index (χ1) is 13.7. The van der Waals surface area contributed by atoms with E-state index in [1.165, 1.54) is 24.1 Å². The van der Waals surface area contributed by atoms with Crippen LogP contribution in [0.5, 0.6) is 0 Å². The molecule has 29 heavy (non-hydrogen) atoms. The van der Waals surface area contributed by atoms with Crippen molar-refractivity contribution in [3.05, 3.63) is 51.7 Å². The molecular weight excluding hydrogens is 374 g/mol. The van der Waals surface area contributed by atoms with Crippen LogP contribution >= 0.6 is 0 Å². The Balaban J connectivity index is 1.67. The minimum Gasteiger partial charge on any atom is -0.451 e. The SMILES string of the molecule is Cc1cc(C)c(NC(=O)C(C)OC(=O)Cn2cnc3c(cnn3C)c2=O)c(C)c1. The number of nitrogens with one attached hydrogen (secondary N) is 1. The lowest BCUT2D eigenvalue weighted by atomic mass is 10.0. The number of amides is 1. The van der Waals surface area contributed by atoms with Crippen molar-refractivity contribution in [1.82, 2.24) is 19.3 Å². The molecule has 2 aromatic heterocycles. The maximum Gasteiger partial charge on any atom is 0.326 e. The summed E-state index contributed by atoms with van der Waals surface area (Å²) in [5.74, 6) is -1.15. The average molecular weight is 397 g/mol. The molecule has 9 heteroatoms. The van der Waals surface area contributed by atoms with Crippen LogP contribution in [0.15, 0.2) is 29.5 Å². The molecule has 1 atom stereocenters. The summed E-state index contributed by atoms with van der Waals surface area (Å²) in [5, 5.41) is 7.09. The highest BCUT2D eigenvalue weighted by molar-refractivity contribution is 5.96. The van der Waals surface area contributed by atoms with Crippen LogP contribution in [0, 0.1) is 20.8 Å². The number of anilines is 1. The number of nitrogens with zero attached hydrogens (tertiary/aromatic N) is 4. The number of rotatable bonds is 5. The van der Waals surface area contributed by atoms with Crippen molar-refractivity contribution >= 4 is 28.6 Å². The first-order valence-corrected chi connectivity index (χ1v) is 9.12. The molecule has 0 saturated carbocycles. The summed E-state index contributed by atoms with van der Waals surface area (Å²) < 4.78 is 7.81. The lowest BCUT2D eigenvalue weighted by Crippen LogP contribution is -2.33. The second kappa shape index (κ2) is 7.86. The highest BCUT2D eigenvalue weighted by atomic mass is 16.5. The molecule has 1 amide bonds. The standard InChI is InChI=1S/C20H23N5O4/c1-11-6-12(2)17(13(3)7-11)23-19(27)14(4)29-16(26)9-25-10-21-18-15(20(25)28)8-22-24(18)5/h6-8,10,14H,9H2,1-5H3,(H,23,27). The van der Waals surface area contributed by atoms with Gasteiger partial charge in [0.15, 0.2) is 11.8 Å². The van der Waals surface area contributed by atoms with E-state index < -0.39 is 23.5 Å². The van der Waals surface area contributed by atoms with Crippen LogP contribution in [-0.2, 0) is 27.9 Å². The highest BCUT2D eigenvalue weighted by Crippen LogP contribution is 2.22. The number of aromatic nitrogens is 4. The Hall–Kier alpha value is -3.49. The van der Waals surface area contributed by atoms with Gasteiger partial charge in [0, 0.05) is 12.7 Å². The smallest absolute Gasteiger partial charge is 0.326 e. The quantitative estimate of drug-likeness (QED) is 0.656. The maximum atomic E-state index is 12.5. The predicted molar refractivity (Wildman–Crippen MR) is 108 cm³/mol. The molecule has 1 unspecified atom stereocenters. The highest BCUT2D eigenvalue weighted by Gasteiger charge is 2.20. The van der Waals surface area contributed by atoms with Crippen molar-refractivity contribution in [2.45, 2.75) is 40.3 Å². The van der Waals surface area contributed by atoms with Gasteiger partial charge in [-0.3, -0.25) is 23.6 Å². The molecule has 3 aromatic rings. The van der Waals surface area contributed by atoms with Gasteiger partial charge in [0.25, 0.3) is 11.5 Å². The van der Waals surface area contributed by atoms with Crippen LogP contribution in [0.1, 0.15) is 23.6 Å². The fraction of sp³-hybridized carbons (Fsp3) is 0.350. The van der Waals surface area contributed by atoms with Crippen LogP contribution in [0.4, 0.5) is 5.69 Å². The van der Waals surface area contributed by atoms with Crippen molar-refractivity contribution in [2.24, 2.45) is 7.05 Å². The summed E-state index contributed by atoms with van der Waals surface area (Å²) in [6.45, 7) is 6.92. The zero-order valence-electron chi connectivity index (χ0n) is 17.0. The lowest BCUT2D eigenvalue weighted by molar-refractivity contribution is -0.153. The Bertz CT molecular complexity index is 1140. The van der Waals surface area contributed by atoms with Gasteiger partial charge in [0.05, 0.1) is 6.20 Å².